The van der Waals surface area contributed by atoms with Crippen LogP contribution in [0.3, 0.4) is 0 Å². The number of pyridine rings is 1. The molecule has 0 spiro atoms. The first-order valence-corrected chi connectivity index (χ1v) is 4.76. The zero-order valence-corrected chi connectivity index (χ0v) is 9.38. The van der Waals surface area contributed by atoms with E-state index in [2.05, 4.69) is 4.98 Å². The largest absolute Gasteiger partial charge is 0.506 e. The van der Waals surface area contributed by atoms with Gasteiger partial charge in [0.15, 0.2) is 0 Å². The van der Waals surface area contributed by atoms with Crippen LogP contribution in [0.15, 0.2) is 29.1 Å². The molecule has 2 aromatic rings. The highest BCUT2D eigenvalue weighted by Gasteiger charge is 2.05. The molecule has 1 aromatic carbocycles. The molecule has 0 aliphatic heterocycles. The van der Waals surface area contributed by atoms with Crippen LogP contribution in [-0.4, -0.2) is 16.6 Å². The lowest BCUT2D eigenvalue weighted by molar-refractivity contribution is 0.480. The molecule has 0 aliphatic carbocycles. The van der Waals surface area contributed by atoms with Gasteiger partial charge in [-0.2, -0.15) is 0 Å². The zero-order valence-electron chi connectivity index (χ0n) is 8.56. The van der Waals surface area contributed by atoms with Gasteiger partial charge in [-0.15, -0.1) is 12.4 Å². The zero-order chi connectivity index (χ0) is 10.8. The molecular weight excluding hydrogens is 228 g/mol. The molecule has 4 N–H and O–H groups in total. The van der Waals surface area contributed by atoms with Crippen molar-refractivity contribution in [2.24, 2.45) is 5.73 Å². The van der Waals surface area contributed by atoms with Gasteiger partial charge in [0.25, 0.3) is 0 Å². The standard InChI is InChI=1S/C11H12N2O2.ClH/c12-6-5-7-1-3-9(14)11-8(7)2-4-10(15)13-11;/h1-4,14H,5-6,12H2,(H,13,15);1H. The van der Waals surface area contributed by atoms with Crippen LogP contribution < -0.4 is 11.3 Å². The minimum atomic E-state index is -0.220. The molecule has 16 heavy (non-hydrogen) atoms. The van der Waals surface area contributed by atoms with Crippen molar-refractivity contribution in [2.75, 3.05) is 6.54 Å². The Morgan fingerprint density at radius 3 is 2.69 bits per heavy atom. The Morgan fingerprint density at radius 2 is 2.00 bits per heavy atom. The number of nitrogens with two attached hydrogens (primary N) is 1. The van der Waals surface area contributed by atoms with Crippen molar-refractivity contribution in [1.29, 1.82) is 0 Å². The second kappa shape index (κ2) is 5.01. The van der Waals surface area contributed by atoms with Gasteiger partial charge < -0.3 is 15.8 Å². The molecular formula is C11H13ClN2O2. The molecule has 0 saturated heterocycles. The summed E-state index contributed by atoms with van der Waals surface area (Å²) in [6.07, 6.45) is 0.725. The van der Waals surface area contributed by atoms with E-state index in [0.29, 0.717) is 12.1 Å². The lowest BCUT2D eigenvalue weighted by atomic mass is 10.1. The Hall–Kier alpha value is -1.52. The number of aromatic hydroxyl groups is 1. The average molecular weight is 241 g/mol. The number of phenolic OH excluding ortho intramolecular Hbond substituents is 1. The maximum Gasteiger partial charge on any atom is 0.248 e. The van der Waals surface area contributed by atoms with Gasteiger partial charge in [-0.25, -0.2) is 0 Å². The molecule has 0 atom stereocenters. The molecule has 4 nitrogen and oxygen atoms in total. The first kappa shape index (κ1) is 12.5. The van der Waals surface area contributed by atoms with Crippen molar-refractivity contribution in [3.05, 3.63) is 40.2 Å². The summed E-state index contributed by atoms with van der Waals surface area (Å²) in [5, 5.41) is 10.4. The minimum absolute atomic E-state index is 0. The van der Waals surface area contributed by atoms with Crippen molar-refractivity contribution in [1.82, 2.24) is 4.98 Å². The van der Waals surface area contributed by atoms with Crippen LogP contribution in [0.4, 0.5) is 0 Å². The van der Waals surface area contributed by atoms with Crippen LogP contribution in [0.25, 0.3) is 10.9 Å². The molecule has 0 saturated carbocycles. The summed E-state index contributed by atoms with van der Waals surface area (Å²) in [6.45, 7) is 0.541. The van der Waals surface area contributed by atoms with E-state index in [4.69, 9.17) is 5.73 Å². The Labute approximate surface area is 98.5 Å². The lowest BCUT2D eigenvalue weighted by Gasteiger charge is -2.06. The van der Waals surface area contributed by atoms with Crippen molar-refractivity contribution in [3.63, 3.8) is 0 Å². The molecule has 2 rings (SSSR count). The Kier molecular flexibility index (Phi) is 3.93. The number of fused-ring (bicyclic) bond motifs is 1. The number of halogens is 1. The Morgan fingerprint density at radius 1 is 1.25 bits per heavy atom. The lowest BCUT2D eigenvalue weighted by Crippen LogP contribution is -2.06. The molecule has 0 radical (unpaired) electrons. The quantitative estimate of drug-likeness (QED) is 0.737. The van der Waals surface area contributed by atoms with Gasteiger partial charge in [0.2, 0.25) is 5.56 Å². The van der Waals surface area contributed by atoms with E-state index in [1.165, 1.54) is 6.07 Å². The van der Waals surface area contributed by atoms with Crippen LogP contribution in [0, 0.1) is 0 Å². The van der Waals surface area contributed by atoms with Crippen LogP contribution in [0.2, 0.25) is 0 Å². The number of rotatable bonds is 2. The van der Waals surface area contributed by atoms with E-state index < -0.39 is 0 Å². The van der Waals surface area contributed by atoms with Crippen LogP contribution >= 0.6 is 12.4 Å². The normalized spacial score (nSPS) is 10.1. The predicted molar refractivity (Wildman–Crippen MR) is 66.2 cm³/mol. The van der Waals surface area contributed by atoms with E-state index >= 15 is 0 Å². The summed E-state index contributed by atoms with van der Waals surface area (Å²) in [4.78, 5) is 13.7. The fourth-order valence-corrected chi connectivity index (χ4v) is 1.67. The van der Waals surface area contributed by atoms with Crippen LogP contribution in [0.5, 0.6) is 5.75 Å². The topological polar surface area (TPSA) is 79.1 Å². The highest BCUT2D eigenvalue weighted by Crippen LogP contribution is 2.24. The van der Waals surface area contributed by atoms with E-state index in [1.54, 1.807) is 12.1 Å². The first-order chi connectivity index (χ1) is 7.22. The Balaban J connectivity index is 0.00000128. The summed E-state index contributed by atoms with van der Waals surface area (Å²) < 4.78 is 0. The van der Waals surface area contributed by atoms with Crippen molar-refractivity contribution >= 4 is 23.3 Å². The third-order valence-electron chi connectivity index (χ3n) is 2.38. The molecule has 0 unspecified atom stereocenters. The van der Waals surface area contributed by atoms with E-state index in [-0.39, 0.29) is 23.7 Å². The molecule has 1 heterocycles. The van der Waals surface area contributed by atoms with E-state index in [1.807, 2.05) is 6.07 Å². The first-order valence-electron chi connectivity index (χ1n) is 4.76. The highest BCUT2D eigenvalue weighted by atomic mass is 35.5. The fourth-order valence-electron chi connectivity index (χ4n) is 1.67. The number of aromatic amines is 1. The number of H-pyrrole nitrogens is 1. The molecule has 1 aromatic heterocycles. The second-order valence-corrected chi connectivity index (χ2v) is 3.39. The summed E-state index contributed by atoms with van der Waals surface area (Å²) >= 11 is 0. The highest BCUT2D eigenvalue weighted by molar-refractivity contribution is 5.87. The summed E-state index contributed by atoms with van der Waals surface area (Å²) in [7, 11) is 0. The minimum Gasteiger partial charge on any atom is -0.506 e. The van der Waals surface area contributed by atoms with E-state index in [9.17, 15) is 9.90 Å². The third kappa shape index (κ3) is 2.18. The number of hydrogen-bond acceptors (Lipinski definition) is 3. The van der Waals surface area contributed by atoms with E-state index in [0.717, 1.165) is 17.4 Å². The molecule has 0 aliphatic rings. The average Bonchev–Trinajstić information content (AvgIpc) is 2.23. The fraction of sp³-hybridized carbons (Fsp3) is 0.182. The molecule has 5 heteroatoms. The van der Waals surface area contributed by atoms with Crippen molar-refractivity contribution in [2.45, 2.75) is 6.42 Å². The van der Waals surface area contributed by atoms with Crippen molar-refractivity contribution < 1.29 is 5.11 Å². The SMILES string of the molecule is Cl.NCCc1ccc(O)c2[nH]c(=O)ccc12. The van der Waals surface area contributed by atoms with Crippen molar-refractivity contribution in [3.8, 4) is 5.75 Å². The number of nitrogens with one attached hydrogen (secondary N) is 1. The van der Waals surface area contributed by atoms with Gasteiger partial charge in [-0.1, -0.05) is 6.07 Å². The van der Waals surface area contributed by atoms with Crippen LogP contribution in [0.1, 0.15) is 5.56 Å². The monoisotopic (exact) mass is 240 g/mol. The predicted octanol–water partition coefficient (Wildman–Crippen LogP) is 1.16. The summed E-state index contributed by atoms with van der Waals surface area (Å²) in [5.74, 6) is 0.0865. The summed E-state index contributed by atoms with van der Waals surface area (Å²) in [6, 6.07) is 6.55. The van der Waals surface area contributed by atoms with Gasteiger partial charge in [-0.3, -0.25) is 4.79 Å². The number of aromatic nitrogens is 1. The number of phenols is 1. The maximum absolute atomic E-state index is 11.1. The third-order valence-corrected chi connectivity index (χ3v) is 2.38. The number of benzene rings is 1. The van der Waals surface area contributed by atoms with Gasteiger partial charge in [0.1, 0.15) is 5.75 Å². The maximum atomic E-state index is 11.1. The molecule has 86 valence electrons. The second-order valence-electron chi connectivity index (χ2n) is 3.39. The molecule has 0 amide bonds. The van der Waals surface area contributed by atoms with Crippen LogP contribution in [-0.2, 0) is 6.42 Å². The van der Waals surface area contributed by atoms with Gasteiger partial charge in [-0.05, 0) is 30.7 Å². The van der Waals surface area contributed by atoms with Gasteiger partial charge in [0, 0.05) is 11.5 Å². The Bertz CT molecular complexity index is 551. The molecule has 0 bridgehead atoms. The summed E-state index contributed by atoms with van der Waals surface area (Å²) in [5.41, 5.74) is 6.77. The number of hydrogen-bond donors (Lipinski definition) is 3. The van der Waals surface area contributed by atoms with Gasteiger partial charge >= 0.3 is 0 Å². The smallest absolute Gasteiger partial charge is 0.248 e. The van der Waals surface area contributed by atoms with Gasteiger partial charge in [0.05, 0.1) is 5.52 Å². The molecule has 0 fully saturated rings.